The highest BCUT2D eigenvalue weighted by atomic mass is 32.2. The van der Waals surface area contributed by atoms with Crippen LogP contribution in [0.25, 0.3) is 0 Å². The second-order valence-electron chi connectivity index (χ2n) is 6.38. The number of non-ortho nitro benzene ring substituents is 1. The molecule has 3 aromatic carbocycles. The number of carbonyl (C=O) groups excluding carboxylic acids is 1. The van der Waals surface area contributed by atoms with Gasteiger partial charge in [0.1, 0.15) is 0 Å². The Labute approximate surface area is 173 Å². The first-order valence-electron chi connectivity index (χ1n) is 8.75. The molecule has 0 aliphatic heterocycles. The molecule has 0 spiro atoms. The van der Waals surface area contributed by atoms with E-state index in [1.807, 2.05) is 0 Å². The van der Waals surface area contributed by atoms with Gasteiger partial charge >= 0.3 is 6.03 Å². The molecule has 3 N–H and O–H groups in total. The maximum atomic E-state index is 12.5. The van der Waals surface area contributed by atoms with Crippen molar-refractivity contribution in [2.45, 2.75) is 11.8 Å². The number of urea groups is 1. The summed E-state index contributed by atoms with van der Waals surface area (Å²) in [6, 6.07) is 17.5. The minimum Gasteiger partial charge on any atom is -0.308 e. The van der Waals surface area contributed by atoms with Crippen molar-refractivity contribution < 1.29 is 18.1 Å². The van der Waals surface area contributed by atoms with Crippen LogP contribution in [0.1, 0.15) is 5.56 Å². The molecule has 154 valence electrons. The second kappa shape index (κ2) is 8.62. The van der Waals surface area contributed by atoms with E-state index in [9.17, 15) is 23.3 Å². The Bertz CT molecular complexity index is 1180. The Morgan fingerprint density at radius 2 is 1.40 bits per heavy atom. The third kappa shape index (κ3) is 5.32. The van der Waals surface area contributed by atoms with Crippen molar-refractivity contribution in [1.82, 2.24) is 0 Å². The first kappa shape index (κ1) is 20.8. The Morgan fingerprint density at radius 1 is 0.867 bits per heavy atom. The van der Waals surface area contributed by atoms with Crippen molar-refractivity contribution in [3.8, 4) is 0 Å². The number of nitrogens with zero attached hydrogens (tertiary/aromatic N) is 1. The van der Waals surface area contributed by atoms with Crippen molar-refractivity contribution in [3.05, 3.63) is 88.5 Å². The van der Waals surface area contributed by atoms with Crippen molar-refractivity contribution in [2.24, 2.45) is 0 Å². The van der Waals surface area contributed by atoms with Gasteiger partial charge in [-0.3, -0.25) is 14.8 Å². The lowest BCUT2D eigenvalue weighted by atomic mass is 10.2. The molecule has 3 aromatic rings. The molecule has 30 heavy (non-hydrogen) atoms. The fourth-order valence-corrected chi connectivity index (χ4v) is 3.74. The van der Waals surface area contributed by atoms with E-state index < -0.39 is 21.0 Å². The zero-order valence-corrected chi connectivity index (χ0v) is 16.6. The fourth-order valence-electron chi connectivity index (χ4n) is 2.58. The lowest BCUT2D eigenvalue weighted by molar-refractivity contribution is -0.384. The maximum absolute atomic E-state index is 12.5. The normalized spacial score (nSPS) is 10.8. The highest BCUT2D eigenvalue weighted by Crippen LogP contribution is 2.20. The molecular weight excluding hydrogens is 408 g/mol. The number of sulfonamides is 1. The number of nitrogens with one attached hydrogen (secondary N) is 3. The summed E-state index contributed by atoms with van der Waals surface area (Å²) in [6.45, 7) is 1.81. The van der Waals surface area contributed by atoms with Gasteiger partial charge in [0.25, 0.3) is 15.7 Å². The van der Waals surface area contributed by atoms with Crippen LogP contribution < -0.4 is 15.4 Å². The molecule has 10 heteroatoms. The number of anilines is 3. The van der Waals surface area contributed by atoms with Gasteiger partial charge in [0, 0.05) is 29.2 Å². The first-order chi connectivity index (χ1) is 14.2. The molecule has 0 heterocycles. The van der Waals surface area contributed by atoms with Crippen molar-refractivity contribution in [2.75, 3.05) is 15.4 Å². The first-order valence-corrected chi connectivity index (χ1v) is 10.2. The molecule has 0 saturated carbocycles. The molecule has 0 radical (unpaired) electrons. The molecule has 0 aliphatic rings. The second-order valence-corrected chi connectivity index (χ2v) is 8.06. The molecule has 3 rings (SSSR count). The van der Waals surface area contributed by atoms with Crippen LogP contribution in [0.2, 0.25) is 0 Å². The van der Waals surface area contributed by atoms with Crippen LogP contribution in [0.4, 0.5) is 27.5 Å². The largest absolute Gasteiger partial charge is 0.323 e. The van der Waals surface area contributed by atoms with E-state index in [4.69, 9.17) is 0 Å². The summed E-state index contributed by atoms with van der Waals surface area (Å²) < 4.78 is 27.4. The number of hydrogen-bond donors (Lipinski definition) is 3. The van der Waals surface area contributed by atoms with Crippen LogP contribution in [-0.4, -0.2) is 19.4 Å². The lowest BCUT2D eigenvalue weighted by Crippen LogP contribution is -2.19. The van der Waals surface area contributed by atoms with Gasteiger partial charge < -0.3 is 10.6 Å². The van der Waals surface area contributed by atoms with Gasteiger partial charge in [-0.05, 0) is 61.0 Å². The molecule has 0 aliphatic carbocycles. The van der Waals surface area contributed by atoms with Crippen LogP contribution in [0.15, 0.2) is 77.7 Å². The molecule has 9 nitrogen and oxygen atoms in total. The molecule has 0 fully saturated rings. The van der Waals surface area contributed by atoms with Crippen LogP contribution in [0.3, 0.4) is 0 Å². The fraction of sp³-hybridized carbons (Fsp3) is 0.0500. The Kier molecular flexibility index (Phi) is 5.98. The molecular formula is C20H18N4O5S. The summed E-state index contributed by atoms with van der Waals surface area (Å²) in [5, 5.41) is 15.8. The van der Waals surface area contributed by atoms with Gasteiger partial charge in [0.05, 0.1) is 9.82 Å². The SMILES string of the molecule is Cc1cccc(S(=O)(=O)Nc2ccc(NC(=O)Nc3ccc([N+](=O)[O-])cc3)cc2)c1. The number of carbonyl (C=O) groups is 1. The van der Waals surface area contributed by atoms with Gasteiger partial charge in [0.15, 0.2) is 0 Å². The molecule has 0 bridgehead atoms. The van der Waals surface area contributed by atoms with E-state index >= 15 is 0 Å². The molecule has 0 aromatic heterocycles. The Balaban J connectivity index is 1.61. The van der Waals surface area contributed by atoms with E-state index in [-0.39, 0.29) is 10.6 Å². The number of amides is 2. The molecule has 0 saturated heterocycles. The van der Waals surface area contributed by atoms with E-state index in [1.54, 1.807) is 37.3 Å². The summed E-state index contributed by atoms with van der Waals surface area (Å²) in [6.07, 6.45) is 0. The monoisotopic (exact) mass is 426 g/mol. The van der Waals surface area contributed by atoms with Crippen molar-refractivity contribution >= 4 is 38.8 Å². The zero-order chi connectivity index (χ0) is 21.7. The topological polar surface area (TPSA) is 130 Å². The van der Waals surface area contributed by atoms with E-state index in [0.717, 1.165) is 5.56 Å². The minimum absolute atomic E-state index is 0.0790. The highest BCUT2D eigenvalue weighted by Gasteiger charge is 2.14. The van der Waals surface area contributed by atoms with Crippen LogP contribution in [-0.2, 0) is 10.0 Å². The summed E-state index contributed by atoms with van der Waals surface area (Å²) >= 11 is 0. The van der Waals surface area contributed by atoms with Gasteiger partial charge in [-0.25, -0.2) is 13.2 Å². The summed E-state index contributed by atoms with van der Waals surface area (Å²) in [5.41, 5.74) is 1.92. The predicted molar refractivity (Wildman–Crippen MR) is 114 cm³/mol. The Morgan fingerprint density at radius 3 is 1.93 bits per heavy atom. The van der Waals surface area contributed by atoms with Gasteiger partial charge in [-0.1, -0.05) is 12.1 Å². The number of aryl methyl sites for hydroxylation is 1. The summed E-state index contributed by atoms with van der Waals surface area (Å²) in [4.78, 5) is 22.3. The molecule has 0 atom stereocenters. The van der Waals surface area contributed by atoms with Crippen molar-refractivity contribution in [3.63, 3.8) is 0 Å². The van der Waals surface area contributed by atoms with Crippen LogP contribution >= 0.6 is 0 Å². The predicted octanol–water partition coefficient (Wildman–Crippen LogP) is 4.35. The Hall–Kier alpha value is -3.92. The molecule has 2 amide bonds. The number of nitro benzene ring substituents is 1. The van der Waals surface area contributed by atoms with E-state index in [1.165, 1.54) is 42.5 Å². The molecule has 0 unspecified atom stereocenters. The van der Waals surface area contributed by atoms with E-state index in [0.29, 0.717) is 17.1 Å². The highest BCUT2D eigenvalue weighted by molar-refractivity contribution is 7.92. The number of rotatable bonds is 6. The van der Waals surface area contributed by atoms with Gasteiger partial charge in [-0.15, -0.1) is 0 Å². The average Bonchev–Trinajstić information content (AvgIpc) is 2.69. The standard InChI is InChI=1S/C20H18N4O5S/c1-14-3-2-4-19(13-14)30(28,29)23-17-7-5-15(6-8-17)21-20(25)22-16-9-11-18(12-10-16)24(26)27/h2-13,23H,1H3,(H2,21,22,25). The van der Waals surface area contributed by atoms with Gasteiger partial charge in [0.2, 0.25) is 0 Å². The van der Waals surface area contributed by atoms with Crippen LogP contribution in [0, 0.1) is 17.0 Å². The van der Waals surface area contributed by atoms with E-state index in [2.05, 4.69) is 15.4 Å². The lowest BCUT2D eigenvalue weighted by Gasteiger charge is -2.10. The summed E-state index contributed by atoms with van der Waals surface area (Å²) in [5.74, 6) is 0. The average molecular weight is 426 g/mol. The van der Waals surface area contributed by atoms with Gasteiger partial charge in [-0.2, -0.15) is 0 Å². The smallest absolute Gasteiger partial charge is 0.308 e. The van der Waals surface area contributed by atoms with Crippen molar-refractivity contribution in [1.29, 1.82) is 0 Å². The quantitative estimate of drug-likeness (QED) is 0.398. The third-order valence-corrected chi connectivity index (χ3v) is 5.41. The third-order valence-electron chi connectivity index (χ3n) is 4.03. The number of nitro groups is 1. The minimum atomic E-state index is -3.72. The summed E-state index contributed by atoms with van der Waals surface area (Å²) in [7, 11) is -3.72. The number of benzene rings is 3. The van der Waals surface area contributed by atoms with Crippen LogP contribution in [0.5, 0.6) is 0 Å². The maximum Gasteiger partial charge on any atom is 0.323 e. The zero-order valence-electron chi connectivity index (χ0n) is 15.8. The number of hydrogen-bond acceptors (Lipinski definition) is 5.